The van der Waals surface area contributed by atoms with E-state index in [1.807, 2.05) is 0 Å². The fourth-order valence-electron chi connectivity index (χ4n) is 1.56. The molecule has 2 rings (SSSR count). The molecule has 0 saturated heterocycles. The summed E-state index contributed by atoms with van der Waals surface area (Å²) in [6, 6.07) is 7.34. The number of benzene rings is 2. The lowest BCUT2D eigenvalue weighted by molar-refractivity contribution is 0.573. The molecule has 0 spiro atoms. The molecule has 2 aromatic carbocycles. The highest BCUT2D eigenvalue weighted by molar-refractivity contribution is 9.10. The third-order valence-corrected chi connectivity index (χ3v) is 3.57. The van der Waals surface area contributed by atoms with Gasteiger partial charge in [-0.2, -0.15) is 0 Å². The van der Waals surface area contributed by atoms with Gasteiger partial charge >= 0.3 is 0 Å². The van der Waals surface area contributed by atoms with Crippen molar-refractivity contribution in [2.75, 3.05) is 0 Å². The Morgan fingerprint density at radius 2 is 1.67 bits per heavy atom. The molecule has 0 bridgehead atoms. The summed E-state index contributed by atoms with van der Waals surface area (Å²) in [4.78, 5) is 0. The molecule has 0 aromatic heterocycles. The van der Waals surface area contributed by atoms with Crippen LogP contribution in [-0.4, -0.2) is 0 Å². The fourth-order valence-corrected chi connectivity index (χ4v) is 2.27. The number of rotatable bonds is 2. The van der Waals surface area contributed by atoms with E-state index < -0.39 is 22.8 Å². The largest absolute Gasteiger partial charge is 0.207 e. The molecule has 5 heteroatoms. The SMILES string of the molecule is Fc1ccc(C(Cl)c2ccc(F)c(Br)c2)c(F)c1. The molecule has 0 fully saturated rings. The Hall–Kier alpha value is -1.00. The zero-order valence-corrected chi connectivity index (χ0v) is 11.3. The van der Waals surface area contributed by atoms with Gasteiger partial charge in [0.05, 0.1) is 9.85 Å². The topological polar surface area (TPSA) is 0 Å². The van der Waals surface area contributed by atoms with E-state index in [1.165, 1.54) is 24.3 Å². The Labute approximate surface area is 116 Å². The quantitative estimate of drug-likeness (QED) is 0.662. The highest BCUT2D eigenvalue weighted by Gasteiger charge is 2.16. The maximum absolute atomic E-state index is 13.6. The van der Waals surface area contributed by atoms with Crippen LogP contribution in [0.4, 0.5) is 13.2 Å². The average molecular weight is 336 g/mol. The normalized spacial score (nSPS) is 12.5. The summed E-state index contributed by atoms with van der Waals surface area (Å²) in [6.45, 7) is 0. The van der Waals surface area contributed by atoms with E-state index in [9.17, 15) is 13.2 Å². The summed E-state index contributed by atoms with van der Waals surface area (Å²) in [6.07, 6.45) is 0. The summed E-state index contributed by atoms with van der Waals surface area (Å²) < 4.78 is 39.7. The Kier molecular flexibility index (Phi) is 3.97. The van der Waals surface area contributed by atoms with Gasteiger partial charge in [-0.25, -0.2) is 13.2 Å². The minimum Gasteiger partial charge on any atom is -0.207 e. The predicted molar refractivity (Wildman–Crippen MR) is 68.2 cm³/mol. The zero-order valence-electron chi connectivity index (χ0n) is 8.93. The smallest absolute Gasteiger partial charge is 0.137 e. The monoisotopic (exact) mass is 334 g/mol. The molecule has 0 saturated carbocycles. The van der Waals surface area contributed by atoms with E-state index in [2.05, 4.69) is 15.9 Å². The van der Waals surface area contributed by atoms with E-state index >= 15 is 0 Å². The molecule has 1 atom stereocenters. The second-order valence-electron chi connectivity index (χ2n) is 3.70. The van der Waals surface area contributed by atoms with Crippen LogP contribution in [0, 0.1) is 17.5 Å². The summed E-state index contributed by atoms with van der Waals surface area (Å²) in [5.41, 5.74) is 0.673. The lowest BCUT2D eigenvalue weighted by Gasteiger charge is -2.12. The summed E-state index contributed by atoms with van der Waals surface area (Å²) in [7, 11) is 0. The molecule has 2 aromatic rings. The third-order valence-electron chi connectivity index (χ3n) is 2.47. The molecule has 94 valence electrons. The number of hydrogen-bond acceptors (Lipinski definition) is 0. The van der Waals surface area contributed by atoms with Gasteiger partial charge < -0.3 is 0 Å². The van der Waals surface area contributed by atoms with Crippen LogP contribution < -0.4 is 0 Å². The maximum atomic E-state index is 13.6. The first-order chi connectivity index (χ1) is 8.49. The van der Waals surface area contributed by atoms with Gasteiger partial charge in [0.15, 0.2) is 0 Å². The summed E-state index contributed by atoms with van der Waals surface area (Å²) in [5.74, 6) is -1.82. The van der Waals surface area contributed by atoms with Gasteiger partial charge in [0.1, 0.15) is 17.5 Å². The van der Waals surface area contributed by atoms with Crippen LogP contribution in [0.25, 0.3) is 0 Å². The van der Waals surface area contributed by atoms with Crippen LogP contribution >= 0.6 is 27.5 Å². The van der Waals surface area contributed by atoms with Gasteiger partial charge in [-0.3, -0.25) is 0 Å². The van der Waals surface area contributed by atoms with Crippen LogP contribution in [0.5, 0.6) is 0 Å². The fraction of sp³-hybridized carbons (Fsp3) is 0.0769. The second kappa shape index (κ2) is 5.33. The molecule has 0 radical (unpaired) electrons. The van der Waals surface area contributed by atoms with Crippen molar-refractivity contribution < 1.29 is 13.2 Å². The highest BCUT2D eigenvalue weighted by atomic mass is 79.9. The van der Waals surface area contributed by atoms with E-state index in [1.54, 1.807) is 0 Å². The second-order valence-corrected chi connectivity index (χ2v) is 4.99. The van der Waals surface area contributed by atoms with Gasteiger partial charge in [0.2, 0.25) is 0 Å². The third kappa shape index (κ3) is 2.70. The molecule has 0 aliphatic heterocycles. The Morgan fingerprint density at radius 3 is 2.28 bits per heavy atom. The van der Waals surface area contributed by atoms with Crippen LogP contribution in [0.3, 0.4) is 0 Å². The average Bonchev–Trinajstić information content (AvgIpc) is 2.32. The lowest BCUT2D eigenvalue weighted by Crippen LogP contribution is -1.98. The molecular formula is C13H7BrClF3. The van der Waals surface area contributed by atoms with Crippen LogP contribution in [0.1, 0.15) is 16.5 Å². The van der Waals surface area contributed by atoms with Crippen molar-refractivity contribution in [3.8, 4) is 0 Å². The van der Waals surface area contributed by atoms with Crippen molar-refractivity contribution in [1.82, 2.24) is 0 Å². The first kappa shape index (κ1) is 13.4. The first-order valence-electron chi connectivity index (χ1n) is 5.03. The molecule has 0 aliphatic carbocycles. The van der Waals surface area contributed by atoms with Gasteiger partial charge in [-0.1, -0.05) is 12.1 Å². The van der Waals surface area contributed by atoms with Crippen molar-refractivity contribution in [2.45, 2.75) is 5.38 Å². The Bertz CT molecular complexity index is 586. The van der Waals surface area contributed by atoms with Crippen molar-refractivity contribution >= 4 is 27.5 Å². The number of alkyl halides is 1. The Balaban J connectivity index is 2.41. The molecule has 18 heavy (non-hydrogen) atoms. The lowest BCUT2D eigenvalue weighted by atomic mass is 10.0. The standard InChI is InChI=1S/C13H7BrClF3/c14-10-5-7(1-4-11(10)17)13(15)9-3-2-8(16)6-12(9)18/h1-6,13H. The van der Waals surface area contributed by atoms with Gasteiger partial charge in [-0.05, 0) is 39.7 Å². The van der Waals surface area contributed by atoms with Gasteiger partial charge in [-0.15, -0.1) is 11.6 Å². The van der Waals surface area contributed by atoms with Crippen molar-refractivity contribution in [3.05, 3.63) is 69.4 Å². The molecule has 0 amide bonds. The van der Waals surface area contributed by atoms with E-state index in [-0.39, 0.29) is 10.0 Å². The van der Waals surface area contributed by atoms with Crippen molar-refractivity contribution in [2.24, 2.45) is 0 Å². The number of halogens is 5. The van der Waals surface area contributed by atoms with Crippen LogP contribution in [-0.2, 0) is 0 Å². The van der Waals surface area contributed by atoms with E-state index in [0.29, 0.717) is 5.56 Å². The molecular weight excluding hydrogens is 328 g/mol. The molecule has 0 N–H and O–H groups in total. The Morgan fingerprint density at radius 1 is 0.944 bits per heavy atom. The highest BCUT2D eigenvalue weighted by Crippen LogP contribution is 2.32. The molecule has 0 aliphatic rings. The van der Waals surface area contributed by atoms with E-state index in [0.717, 1.165) is 12.1 Å². The zero-order chi connectivity index (χ0) is 13.3. The van der Waals surface area contributed by atoms with Crippen molar-refractivity contribution in [3.63, 3.8) is 0 Å². The van der Waals surface area contributed by atoms with Gasteiger partial charge in [0, 0.05) is 11.6 Å². The summed E-state index contributed by atoms with van der Waals surface area (Å²) >= 11 is 9.14. The van der Waals surface area contributed by atoms with Crippen molar-refractivity contribution in [1.29, 1.82) is 0 Å². The van der Waals surface area contributed by atoms with Crippen LogP contribution in [0.2, 0.25) is 0 Å². The summed E-state index contributed by atoms with van der Waals surface area (Å²) in [5, 5.41) is -0.803. The van der Waals surface area contributed by atoms with Gasteiger partial charge in [0.25, 0.3) is 0 Å². The minimum atomic E-state index is -0.803. The van der Waals surface area contributed by atoms with Crippen LogP contribution in [0.15, 0.2) is 40.9 Å². The molecule has 0 heterocycles. The predicted octanol–water partition coefficient (Wildman–Crippen LogP) is 5.19. The number of hydrogen-bond donors (Lipinski definition) is 0. The molecule has 1 unspecified atom stereocenters. The minimum absolute atomic E-state index is 0.150. The first-order valence-corrected chi connectivity index (χ1v) is 6.26. The molecule has 0 nitrogen and oxygen atoms in total. The van der Waals surface area contributed by atoms with E-state index in [4.69, 9.17) is 11.6 Å². The maximum Gasteiger partial charge on any atom is 0.137 e.